The number of carbonyl (C=O) groups excluding carboxylic acids is 1. The number of aryl methyl sites for hydroxylation is 1. The van der Waals surface area contributed by atoms with Crippen LogP contribution in [0.1, 0.15) is 24.0 Å². The molecule has 4 aromatic rings. The summed E-state index contributed by atoms with van der Waals surface area (Å²) in [5.41, 5.74) is 12.8. The lowest BCUT2D eigenvalue weighted by molar-refractivity contribution is -0.168. The number of hydroxylamine groups is 2. The number of hydrogen-bond acceptors (Lipinski definition) is 4. The molecular formula is C28H31N3O3. The maximum atomic E-state index is 11.8. The molecule has 4 rings (SSSR count). The first-order valence-corrected chi connectivity index (χ1v) is 11.4. The van der Waals surface area contributed by atoms with Gasteiger partial charge >= 0.3 is 0 Å². The third-order valence-corrected chi connectivity index (χ3v) is 6.08. The maximum absolute atomic E-state index is 11.8. The predicted molar refractivity (Wildman–Crippen MR) is 137 cm³/mol. The summed E-state index contributed by atoms with van der Waals surface area (Å²) in [7, 11) is 3.08. The second-order valence-corrected chi connectivity index (χ2v) is 8.37. The fraction of sp³-hybridized carbons (Fsp3) is 0.250. The SMILES string of the molecule is CON(C)C(=O)CCCOc1ccc(Cn2c(-c3ccccc3)c(C)c3cc(N)ccc32)cc1. The molecule has 34 heavy (non-hydrogen) atoms. The topological polar surface area (TPSA) is 69.7 Å². The van der Waals surface area contributed by atoms with E-state index in [0.717, 1.165) is 23.5 Å². The fourth-order valence-corrected chi connectivity index (χ4v) is 4.22. The van der Waals surface area contributed by atoms with Gasteiger partial charge in [-0.1, -0.05) is 42.5 Å². The highest BCUT2D eigenvalue weighted by molar-refractivity contribution is 5.93. The Morgan fingerprint density at radius 1 is 1.03 bits per heavy atom. The molecule has 1 aromatic heterocycles. The van der Waals surface area contributed by atoms with Crippen molar-refractivity contribution in [2.45, 2.75) is 26.3 Å². The predicted octanol–water partition coefficient (Wildman–Crippen LogP) is 5.43. The third kappa shape index (κ3) is 5.07. The zero-order valence-corrected chi connectivity index (χ0v) is 20.0. The van der Waals surface area contributed by atoms with Crippen LogP contribution in [0.25, 0.3) is 22.2 Å². The Labute approximate surface area is 200 Å². The number of benzene rings is 3. The number of anilines is 1. The standard InChI is InChI=1S/C28H31N3O3/c1-20-25-18-23(29)13-16-26(25)31(28(20)22-8-5-4-6-9-22)19-21-11-14-24(15-12-21)34-17-7-10-27(32)30(2)33-3/h4-6,8-9,11-16,18H,7,10,17,19,29H2,1-3H3. The van der Waals surface area contributed by atoms with E-state index in [-0.39, 0.29) is 5.91 Å². The van der Waals surface area contributed by atoms with E-state index in [1.807, 2.05) is 24.3 Å². The molecular weight excluding hydrogens is 426 g/mol. The lowest BCUT2D eigenvalue weighted by atomic mass is 10.1. The summed E-state index contributed by atoms with van der Waals surface area (Å²) in [6.07, 6.45) is 1.02. The number of amides is 1. The summed E-state index contributed by atoms with van der Waals surface area (Å²) < 4.78 is 8.18. The number of ether oxygens (including phenoxy) is 1. The van der Waals surface area contributed by atoms with Gasteiger partial charge in [0.15, 0.2) is 0 Å². The van der Waals surface area contributed by atoms with E-state index >= 15 is 0 Å². The molecule has 0 spiro atoms. The van der Waals surface area contributed by atoms with Crippen LogP contribution in [-0.4, -0.2) is 36.3 Å². The fourth-order valence-electron chi connectivity index (χ4n) is 4.22. The van der Waals surface area contributed by atoms with Crippen LogP contribution in [0.5, 0.6) is 5.75 Å². The van der Waals surface area contributed by atoms with Gasteiger partial charge in [-0.15, -0.1) is 0 Å². The van der Waals surface area contributed by atoms with Crippen molar-refractivity contribution in [3.63, 3.8) is 0 Å². The molecule has 0 saturated heterocycles. The first kappa shape index (κ1) is 23.4. The number of carbonyl (C=O) groups is 1. The van der Waals surface area contributed by atoms with Crippen molar-refractivity contribution in [3.05, 3.63) is 83.9 Å². The van der Waals surface area contributed by atoms with Gasteiger partial charge in [0.1, 0.15) is 5.75 Å². The normalized spacial score (nSPS) is 11.0. The van der Waals surface area contributed by atoms with Crippen molar-refractivity contribution >= 4 is 22.5 Å². The summed E-state index contributed by atoms with van der Waals surface area (Å²) in [4.78, 5) is 16.7. The van der Waals surface area contributed by atoms with Gasteiger partial charge in [-0.25, -0.2) is 5.06 Å². The Hall–Kier alpha value is -3.77. The van der Waals surface area contributed by atoms with Crippen molar-refractivity contribution < 1.29 is 14.4 Å². The molecule has 1 amide bonds. The van der Waals surface area contributed by atoms with E-state index in [0.29, 0.717) is 19.4 Å². The number of hydrogen-bond donors (Lipinski definition) is 1. The summed E-state index contributed by atoms with van der Waals surface area (Å²) in [5.74, 6) is 0.729. The van der Waals surface area contributed by atoms with Crippen molar-refractivity contribution in [1.82, 2.24) is 9.63 Å². The maximum Gasteiger partial charge on any atom is 0.245 e. The van der Waals surface area contributed by atoms with E-state index in [9.17, 15) is 4.79 Å². The lowest BCUT2D eigenvalue weighted by Crippen LogP contribution is -2.25. The molecule has 0 aliphatic rings. The monoisotopic (exact) mass is 457 g/mol. The summed E-state index contributed by atoms with van der Waals surface area (Å²) in [6.45, 7) is 3.37. The van der Waals surface area contributed by atoms with E-state index in [2.05, 4.69) is 60.0 Å². The van der Waals surface area contributed by atoms with Crippen LogP contribution in [-0.2, 0) is 16.2 Å². The van der Waals surface area contributed by atoms with Gasteiger partial charge in [0.25, 0.3) is 0 Å². The first-order chi connectivity index (χ1) is 16.5. The molecule has 0 bridgehead atoms. The van der Waals surface area contributed by atoms with Gasteiger partial charge in [0.05, 0.1) is 19.4 Å². The van der Waals surface area contributed by atoms with E-state index < -0.39 is 0 Å². The Kier molecular flexibility index (Phi) is 7.18. The van der Waals surface area contributed by atoms with Crippen molar-refractivity contribution in [3.8, 4) is 17.0 Å². The number of rotatable bonds is 9. The van der Waals surface area contributed by atoms with Crippen LogP contribution in [0.15, 0.2) is 72.8 Å². The highest BCUT2D eigenvalue weighted by atomic mass is 16.7. The zero-order chi connectivity index (χ0) is 24.1. The number of nitrogens with zero attached hydrogens (tertiary/aromatic N) is 2. The second kappa shape index (κ2) is 10.4. The molecule has 0 atom stereocenters. The molecule has 6 nitrogen and oxygen atoms in total. The summed E-state index contributed by atoms with van der Waals surface area (Å²) >= 11 is 0. The van der Waals surface area contributed by atoms with Crippen LogP contribution < -0.4 is 10.5 Å². The lowest BCUT2D eigenvalue weighted by Gasteiger charge is -2.14. The summed E-state index contributed by atoms with van der Waals surface area (Å²) in [5, 5.41) is 2.41. The Bertz CT molecular complexity index is 1260. The van der Waals surface area contributed by atoms with Crippen LogP contribution in [0.2, 0.25) is 0 Å². The molecule has 0 aliphatic heterocycles. The first-order valence-electron chi connectivity index (χ1n) is 11.4. The van der Waals surface area contributed by atoms with Gasteiger partial charge < -0.3 is 15.0 Å². The number of nitrogens with two attached hydrogens (primary N) is 1. The average molecular weight is 458 g/mol. The van der Waals surface area contributed by atoms with Crippen molar-refractivity contribution in [1.29, 1.82) is 0 Å². The van der Waals surface area contributed by atoms with E-state index in [1.165, 1.54) is 39.9 Å². The molecule has 1 heterocycles. The minimum absolute atomic E-state index is 0.0633. The van der Waals surface area contributed by atoms with Crippen LogP contribution >= 0.6 is 0 Å². The van der Waals surface area contributed by atoms with Crippen LogP contribution in [0.4, 0.5) is 5.69 Å². The molecule has 3 aromatic carbocycles. The van der Waals surface area contributed by atoms with Gasteiger partial charge in [0.2, 0.25) is 5.91 Å². The summed E-state index contributed by atoms with van der Waals surface area (Å²) in [6, 6.07) is 24.7. The molecule has 6 heteroatoms. The Morgan fingerprint density at radius 2 is 1.76 bits per heavy atom. The van der Waals surface area contributed by atoms with Crippen molar-refractivity contribution in [2.75, 3.05) is 26.5 Å². The third-order valence-electron chi connectivity index (χ3n) is 6.08. The smallest absolute Gasteiger partial charge is 0.245 e. The van der Waals surface area contributed by atoms with Gasteiger partial charge in [-0.2, -0.15) is 0 Å². The van der Waals surface area contributed by atoms with Gasteiger partial charge in [0, 0.05) is 36.6 Å². The number of fused-ring (bicyclic) bond motifs is 1. The Morgan fingerprint density at radius 3 is 2.47 bits per heavy atom. The second-order valence-electron chi connectivity index (χ2n) is 8.37. The molecule has 0 saturated carbocycles. The van der Waals surface area contributed by atoms with Gasteiger partial charge in [-0.05, 0) is 60.4 Å². The van der Waals surface area contributed by atoms with Crippen molar-refractivity contribution in [2.24, 2.45) is 0 Å². The molecule has 0 fully saturated rings. The van der Waals surface area contributed by atoms with Gasteiger partial charge in [-0.3, -0.25) is 9.63 Å². The molecule has 2 N–H and O–H groups in total. The highest BCUT2D eigenvalue weighted by Crippen LogP contribution is 2.35. The van der Waals surface area contributed by atoms with Crippen LogP contribution in [0.3, 0.4) is 0 Å². The quantitative estimate of drug-likeness (QED) is 0.207. The molecule has 176 valence electrons. The average Bonchev–Trinajstić information content (AvgIpc) is 3.13. The largest absolute Gasteiger partial charge is 0.494 e. The molecule has 0 radical (unpaired) electrons. The van der Waals surface area contributed by atoms with E-state index in [4.69, 9.17) is 15.3 Å². The number of nitrogen functional groups attached to an aromatic ring is 1. The minimum Gasteiger partial charge on any atom is -0.494 e. The minimum atomic E-state index is -0.0633. The molecule has 0 aliphatic carbocycles. The van der Waals surface area contributed by atoms with E-state index in [1.54, 1.807) is 7.05 Å². The van der Waals surface area contributed by atoms with Crippen LogP contribution in [0, 0.1) is 6.92 Å². The zero-order valence-electron chi connectivity index (χ0n) is 20.0. The number of aromatic nitrogens is 1. The Balaban J connectivity index is 1.51. The molecule has 0 unspecified atom stereocenters. The highest BCUT2D eigenvalue weighted by Gasteiger charge is 2.16.